The number of ether oxygens (including phenoxy) is 1. The van der Waals surface area contributed by atoms with Crippen molar-refractivity contribution >= 4 is 33.4 Å². The number of Topliss-reactive ketones (excluding diaryl/α,β-unsaturated/α-hetero) is 1. The lowest BCUT2D eigenvalue weighted by Gasteiger charge is -2.26. The SMILES string of the molecule is C=CCOc1ccc(/C(O)=C2/C(=O)C(=O)N(CCN(C)C)C2c2cccc(Br)c2)cc1. The van der Waals surface area contributed by atoms with Crippen LogP contribution in [0.1, 0.15) is 17.2 Å². The first kappa shape index (κ1) is 22.8. The van der Waals surface area contributed by atoms with Crippen molar-refractivity contribution in [1.29, 1.82) is 0 Å². The molecule has 1 fully saturated rings. The highest BCUT2D eigenvalue weighted by molar-refractivity contribution is 9.10. The number of hydrogen-bond acceptors (Lipinski definition) is 5. The molecule has 1 saturated heterocycles. The number of aliphatic hydroxyl groups excluding tert-OH is 1. The summed E-state index contributed by atoms with van der Waals surface area (Å²) < 4.78 is 6.30. The third-order valence-corrected chi connectivity index (χ3v) is 5.48. The van der Waals surface area contributed by atoms with E-state index in [1.165, 1.54) is 4.90 Å². The largest absolute Gasteiger partial charge is 0.507 e. The molecular formula is C24H25BrN2O4. The second kappa shape index (κ2) is 9.94. The number of likely N-dealkylation sites (tertiary alicyclic amines) is 1. The van der Waals surface area contributed by atoms with E-state index in [2.05, 4.69) is 22.5 Å². The number of carbonyl (C=O) groups is 2. The smallest absolute Gasteiger partial charge is 0.295 e. The van der Waals surface area contributed by atoms with Gasteiger partial charge in [0.1, 0.15) is 18.1 Å². The third kappa shape index (κ3) is 5.06. The molecule has 31 heavy (non-hydrogen) atoms. The number of likely N-dealkylation sites (N-methyl/N-ethyl adjacent to an activating group) is 1. The van der Waals surface area contributed by atoms with Gasteiger partial charge < -0.3 is 19.6 Å². The van der Waals surface area contributed by atoms with Crippen LogP contribution in [0.25, 0.3) is 5.76 Å². The van der Waals surface area contributed by atoms with Gasteiger partial charge in [-0.2, -0.15) is 0 Å². The van der Waals surface area contributed by atoms with Gasteiger partial charge in [-0.25, -0.2) is 0 Å². The first-order valence-corrected chi connectivity index (χ1v) is 10.7. The molecule has 1 atom stereocenters. The predicted molar refractivity (Wildman–Crippen MR) is 124 cm³/mol. The number of aliphatic hydroxyl groups is 1. The van der Waals surface area contributed by atoms with Crippen molar-refractivity contribution in [2.24, 2.45) is 0 Å². The van der Waals surface area contributed by atoms with Crippen molar-refractivity contribution in [3.05, 3.63) is 82.4 Å². The standard InChI is InChI=1S/C24H25BrN2O4/c1-4-14-31-19-10-8-16(9-11-19)22(28)20-21(17-6-5-7-18(25)15-17)27(13-12-26(2)3)24(30)23(20)29/h4-11,15,21,28H,1,12-14H2,2-3H3/b22-20-. The predicted octanol–water partition coefficient (Wildman–Crippen LogP) is 4.00. The molecule has 0 bridgehead atoms. The minimum atomic E-state index is -0.687. The molecule has 3 rings (SSSR count). The Morgan fingerprint density at radius 2 is 1.94 bits per heavy atom. The molecule has 7 heteroatoms. The molecule has 1 N–H and O–H groups in total. The molecule has 1 aliphatic heterocycles. The van der Waals surface area contributed by atoms with E-state index in [-0.39, 0.29) is 11.3 Å². The van der Waals surface area contributed by atoms with Crippen LogP contribution < -0.4 is 4.74 Å². The fraction of sp³-hybridized carbons (Fsp3) is 0.250. The van der Waals surface area contributed by atoms with E-state index >= 15 is 0 Å². The quantitative estimate of drug-likeness (QED) is 0.265. The first-order valence-electron chi connectivity index (χ1n) is 9.86. The molecular weight excluding hydrogens is 460 g/mol. The van der Waals surface area contributed by atoms with E-state index < -0.39 is 17.7 Å². The van der Waals surface area contributed by atoms with Crippen LogP contribution in [0.3, 0.4) is 0 Å². The summed E-state index contributed by atoms with van der Waals surface area (Å²) >= 11 is 3.46. The Hall–Kier alpha value is -2.90. The molecule has 162 valence electrons. The molecule has 1 heterocycles. The topological polar surface area (TPSA) is 70.1 Å². The number of benzene rings is 2. The molecule has 0 saturated carbocycles. The fourth-order valence-corrected chi connectivity index (χ4v) is 3.88. The number of hydrogen-bond donors (Lipinski definition) is 1. The second-order valence-electron chi connectivity index (χ2n) is 7.47. The number of ketones is 1. The Morgan fingerprint density at radius 1 is 1.23 bits per heavy atom. The highest BCUT2D eigenvalue weighted by Crippen LogP contribution is 2.40. The van der Waals surface area contributed by atoms with Gasteiger partial charge in [-0.05, 0) is 56.1 Å². The van der Waals surface area contributed by atoms with Crippen LogP contribution in [0.5, 0.6) is 5.75 Å². The molecule has 1 amide bonds. The third-order valence-electron chi connectivity index (χ3n) is 4.99. The molecule has 2 aromatic carbocycles. The monoisotopic (exact) mass is 484 g/mol. The lowest BCUT2D eigenvalue weighted by molar-refractivity contribution is -0.140. The van der Waals surface area contributed by atoms with Gasteiger partial charge in [0.25, 0.3) is 11.7 Å². The summed E-state index contributed by atoms with van der Waals surface area (Å²) in [4.78, 5) is 29.3. The van der Waals surface area contributed by atoms with Crippen molar-refractivity contribution in [3.63, 3.8) is 0 Å². The highest BCUT2D eigenvalue weighted by Gasteiger charge is 2.45. The van der Waals surface area contributed by atoms with Gasteiger partial charge in [0.2, 0.25) is 0 Å². The first-order chi connectivity index (χ1) is 14.8. The summed E-state index contributed by atoms with van der Waals surface area (Å²) in [6.45, 7) is 4.93. The van der Waals surface area contributed by atoms with E-state index in [0.717, 1.165) is 10.0 Å². The Balaban J connectivity index is 2.07. The maximum absolute atomic E-state index is 13.0. The molecule has 0 radical (unpaired) electrons. The number of nitrogens with zero attached hydrogens (tertiary/aromatic N) is 2. The Bertz CT molecular complexity index is 1010. The number of rotatable bonds is 8. The van der Waals surface area contributed by atoms with E-state index in [4.69, 9.17) is 4.74 Å². The van der Waals surface area contributed by atoms with Crippen LogP contribution in [0.2, 0.25) is 0 Å². The van der Waals surface area contributed by atoms with Crippen LogP contribution in [-0.4, -0.2) is 60.4 Å². The zero-order chi connectivity index (χ0) is 22.5. The van der Waals surface area contributed by atoms with E-state index in [1.807, 2.05) is 43.3 Å². The molecule has 0 aliphatic carbocycles. The zero-order valence-electron chi connectivity index (χ0n) is 17.5. The maximum atomic E-state index is 13.0. The van der Waals surface area contributed by atoms with Gasteiger partial charge in [-0.1, -0.05) is 40.7 Å². The average Bonchev–Trinajstić information content (AvgIpc) is 3.01. The maximum Gasteiger partial charge on any atom is 0.295 e. The molecule has 2 aromatic rings. The minimum Gasteiger partial charge on any atom is -0.507 e. The van der Waals surface area contributed by atoms with E-state index in [9.17, 15) is 14.7 Å². The lowest BCUT2D eigenvalue weighted by atomic mass is 9.95. The summed E-state index contributed by atoms with van der Waals surface area (Å²) in [5.74, 6) is -0.884. The Morgan fingerprint density at radius 3 is 2.55 bits per heavy atom. The molecule has 6 nitrogen and oxygen atoms in total. The van der Waals surface area contributed by atoms with Gasteiger partial charge in [-0.15, -0.1) is 0 Å². The van der Waals surface area contributed by atoms with Gasteiger partial charge in [0, 0.05) is 23.1 Å². The Kier molecular flexibility index (Phi) is 7.30. The lowest BCUT2D eigenvalue weighted by Crippen LogP contribution is -2.35. The minimum absolute atomic E-state index is 0.0848. The van der Waals surface area contributed by atoms with Crippen molar-refractivity contribution in [2.75, 3.05) is 33.8 Å². The van der Waals surface area contributed by atoms with Gasteiger partial charge >= 0.3 is 0 Å². The van der Waals surface area contributed by atoms with Gasteiger partial charge in [0.05, 0.1) is 11.6 Å². The zero-order valence-corrected chi connectivity index (χ0v) is 19.1. The van der Waals surface area contributed by atoms with Crippen molar-refractivity contribution in [3.8, 4) is 5.75 Å². The summed E-state index contributed by atoms with van der Waals surface area (Å²) in [5, 5.41) is 11.1. The van der Waals surface area contributed by atoms with Crippen molar-refractivity contribution in [2.45, 2.75) is 6.04 Å². The second-order valence-corrected chi connectivity index (χ2v) is 8.39. The van der Waals surface area contributed by atoms with Crippen LogP contribution >= 0.6 is 15.9 Å². The number of amides is 1. The van der Waals surface area contributed by atoms with Gasteiger partial charge in [-0.3, -0.25) is 9.59 Å². The summed E-state index contributed by atoms with van der Waals surface area (Å²) in [6, 6.07) is 13.5. The van der Waals surface area contributed by atoms with Gasteiger partial charge in [0.15, 0.2) is 0 Å². The average molecular weight is 485 g/mol. The highest BCUT2D eigenvalue weighted by atomic mass is 79.9. The summed E-state index contributed by atoms with van der Waals surface area (Å²) in [5.41, 5.74) is 1.28. The Labute approximate surface area is 190 Å². The van der Waals surface area contributed by atoms with Crippen molar-refractivity contribution in [1.82, 2.24) is 9.80 Å². The van der Waals surface area contributed by atoms with Crippen molar-refractivity contribution < 1.29 is 19.4 Å². The molecule has 1 unspecified atom stereocenters. The number of carbonyl (C=O) groups excluding carboxylic acids is 2. The normalized spacial score (nSPS) is 17.9. The summed E-state index contributed by atoms with van der Waals surface area (Å²) in [6.07, 6.45) is 1.64. The van der Waals surface area contributed by atoms with Crippen LogP contribution in [0.4, 0.5) is 0 Å². The molecule has 0 aromatic heterocycles. The number of halogens is 1. The molecule has 1 aliphatic rings. The van der Waals surface area contributed by atoms with E-state index in [0.29, 0.717) is 31.0 Å². The van der Waals surface area contributed by atoms with Crippen LogP contribution in [0.15, 0.2) is 71.2 Å². The van der Waals surface area contributed by atoms with E-state index in [1.54, 1.807) is 30.3 Å². The van der Waals surface area contributed by atoms with Crippen LogP contribution in [0, 0.1) is 0 Å². The molecule has 0 spiro atoms. The summed E-state index contributed by atoms with van der Waals surface area (Å²) in [7, 11) is 3.81. The fourth-order valence-electron chi connectivity index (χ4n) is 3.46. The van der Waals surface area contributed by atoms with Crippen LogP contribution in [-0.2, 0) is 9.59 Å².